The van der Waals surface area contributed by atoms with Crippen LogP contribution in [0, 0.1) is 0 Å². The summed E-state index contributed by atoms with van der Waals surface area (Å²) in [6, 6.07) is 15.8. The summed E-state index contributed by atoms with van der Waals surface area (Å²) in [7, 11) is 0. The van der Waals surface area contributed by atoms with Crippen LogP contribution in [0.4, 0.5) is 0 Å². The van der Waals surface area contributed by atoms with Crippen molar-refractivity contribution in [2.24, 2.45) is 0 Å². The second-order valence-electron chi connectivity index (χ2n) is 5.81. The minimum atomic E-state index is -0.0554. The maximum atomic E-state index is 12.4. The highest BCUT2D eigenvalue weighted by atomic mass is 16.1. The number of imidazole rings is 1. The predicted molar refractivity (Wildman–Crippen MR) is 95.3 cm³/mol. The molecule has 0 saturated heterocycles. The molecule has 1 N–H and O–H groups in total. The molecule has 1 amide bonds. The molecule has 24 heavy (non-hydrogen) atoms. The van der Waals surface area contributed by atoms with Gasteiger partial charge in [0, 0.05) is 23.6 Å². The Balaban J connectivity index is 1.67. The quantitative estimate of drug-likeness (QED) is 0.774. The van der Waals surface area contributed by atoms with E-state index in [4.69, 9.17) is 0 Å². The standard InChI is InChI=1S/C20H21N3O/c1-3-16-4-6-18(7-5-16)20(24)22-15(2)17-8-10-19(11-9-17)23-13-12-21-14-23/h4-15H,3H2,1-2H3,(H,22,24). The van der Waals surface area contributed by atoms with Gasteiger partial charge in [-0.25, -0.2) is 4.98 Å². The van der Waals surface area contributed by atoms with Crippen LogP contribution in [0.25, 0.3) is 5.69 Å². The molecule has 3 rings (SSSR count). The summed E-state index contributed by atoms with van der Waals surface area (Å²) in [5.41, 5.74) is 4.03. The van der Waals surface area contributed by atoms with Crippen LogP contribution < -0.4 is 5.32 Å². The number of amides is 1. The first-order valence-electron chi connectivity index (χ1n) is 8.15. The Hall–Kier alpha value is -2.88. The molecular weight excluding hydrogens is 298 g/mol. The van der Waals surface area contributed by atoms with Crippen LogP contribution in [0.15, 0.2) is 67.3 Å². The molecule has 0 fully saturated rings. The first-order chi connectivity index (χ1) is 11.7. The predicted octanol–water partition coefficient (Wildman–Crippen LogP) is 3.93. The minimum absolute atomic E-state index is 0.0520. The van der Waals surface area contributed by atoms with E-state index < -0.39 is 0 Å². The molecule has 1 unspecified atom stereocenters. The summed E-state index contributed by atoms with van der Waals surface area (Å²) >= 11 is 0. The summed E-state index contributed by atoms with van der Waals surface area (Å²) in [6.07, 6.45) is 6.39. The smallest absolute Gasteiger partial charge is 0.251 e. The van der Waals surface area contributed by atoms with E-state index in [0.29, 0.717) is 5.56 Å². The van der Waals surface area contributed by atoms with Crippen LogP contribution >= 0.6 is 0 Å². The molecule has 4 heteroatoms. The highest BCUT2D eigenvalue weighted by Gasteiger charge is 2.11. The van der Waals surface area contributed by atoms with Gasteiger partial charge in [0.1, 0.15) is 0 Å². The second-order valence-corrected chi connectivity index (χ2v) is 5.81. The van der Waals surface area contributed by atoms with Crippen molar-refractivity contribution in [1.29, 1.82) is 0 Å². The molecule has 0 bridgehead atoms. The molecule has 122 valence electrons. The fourth-order valence-electron chi connectivity index (χ4n) is 2.60. The summed E-state index contributed by atoms with van der Waals surface area (Å²) in [6.45, 7) is 4.09. The van der Waals surface area contributed by atoms with Crippen LogP contribution in [-0.2, 0) is 6.42 Å². The molecule has 0 aliphatic rings. The zero-order chi connectivity index (χ0) is 16.9. The summed E-state index contributed by atoms with van der Waals surface area (Å²) in [5.74, 6) is -0.0520. The van der Waals surface area contributed by atoms with Crippen molar-refractivity contribution in [1.82, 2.24) is 14.9 Å². The summed E-state index contributed by atoms with van der Waals surface area (Å²) in [5, 5.41) is 3.05. The van der Waals surface area contributed by atoms with Gasteiger partial charge in [-0.2, -0.15) is 0 Å². The number of carbonyl (C=O) groups is 1. The van der Waals surface area contributed by atoms with E-state index in [1.807, 2.05) is 66.2 Å². The van der Waals surface area contributed by atoms with Crippen molar-refractivity contribution in [3.8, 4) is 5.69 Å². The number of nitrogens with zero attached hydrogens (tertiary/aromatic N) is 2. The zero-order valence-electron chi connectivity index (χ0n) is 13.9. The fraction of sp³-hybridized carbons (Fsp3) is 0.200. The van der Waals surface area contributed by atoms with E-state index >= 15 is 0 Å². The maximum Gasteiger partial charge on any atom is 0.251 e. The van der Waals surface area contributed by atoms with Gasteiger partial charge in [-0.15, -0.1) is 0 Å². The molecule has 0 saturated carbocycles. The number of aromatic nitrogens is 2. The molecule has 3 aromatic rings. The van der Waals surface area contributed by atoms with Crippen LogP contribution in [0.1, 0.15) is 41.4 Å². The Bertz CT molecular complexity index is 790. The third kappa shape index (κ3) is 3.54. The van der Waals surface area contributed by atoms with Gasteiger partial charge in [-0.1, -0.05) is 31.2 Å². The van der Waals surface area contributed by atoms with E-state index in [1.54, 1.807) is 12.5 Å². The third-order valence-electron chi connectivity index (χ3n) is 4.17. The molecule has 0 aliphatic carbocycles. The van der Waals surface area contributed by atoms with Crippen molar-refractivity contribution in [3.63, 3.8) is 0 Å². The number of hydrogen-bond acceptors (Lipinski definition) is 2. The van der Waals surface area contributed by atoms with Crippen molar-refractivity contribution in [3.05, 3.63) is 83.9 Å². The van der Waals surface area contributed by atoms with E-state index in [1.165, 1.54) is 5.56 Å². The Morgan fingerprint density at radius 3 is 2.42 bits per heavy atom. The van der Waals surface area contributed by atoms with Crippen LogP contribution in [0.3, 0.4) is 0 Å². The average Bonchev–Trinajstić information content (AvgIpc) is 3.16. The number of aryl methyl sites for hydroxylation is 1. The molecule has 1 heterocycles. The molecule has 2 aromatic carbocycles. The lowest BCUT2D eigenvalue weighted by molar-refractivity contribution is 0.0940. The molecule has 0 aliphatic heterocycles. The van der Waals surface area contributed by atoms with Crippen LogP contribution in [0.5, 0.6) is 0 Å². The SMILES string of the molecule is CCc1ccc(C(=O)NC(C)c2ccc(-n3ccnc3)cc2)cc1. The zero-order valence-corrected chi connectivity index (χ0v) is 13.9. The normalized spacial score (nSPS) is 11.9. The molecule has 0 radical (unpaired) electrons. The van der Waals surface area contributed by atoms with Crippen molar-refractivity contribution in [2.45, 2.75) is 26.3 Å². The summed E-state index contributed by atoms with van der Waals surface area (Å²) < 4.78 is 1.95. The molecule has 4 nitrogen and oxygen atoms in total. The molecule has 1 atom stereocenters. The van der Waals surface area contributed by atoms with Gasteiger partial charge in [0.15, 0.2) is 0 Å². The number of nitrogens with one attached hydrogen (secondary N) is 1. The van der Waals surface area contributed by atoms with Crippen LogP contribution in [0.2, 0.25) is 0 Å². The highest BCUT2D eigenvalue weighted by Crippen LogP contribution is 2.16. The molecule has 1 aromatic heterocycles. The topological polar surface area (TPSA) is 46.9 Å². The van der Waals surface area contributed by atoms with E-state index in [2.05, 4.69) is 17.2 Å². The first-order valence-corrected chi connectivity index (χ1v) is 8.15. The minimum Gasteiger partial charge on any atom is -0.346 e. The number of rotatable bonds is 5. The van der Waals surface area contributed by atoms with Crippen molar-refractivity contribution < 1.29 is 4.79 Å². The largest absolute Gasteiger partial charge is 0.346 e. The van der Waals surface area contributed by atoms with Gasteiger partial charge < -0.3 is 9.88 Å². The van der Waals surface area contributed by atoms with Crippen LogP contribution in [-0.4, -0.2) is 15.5 Å². The first kappa shape index (κ1) is 16.0. The number of carbonyl (C=O) groups excluding carboxylic acids is 1. The fourth-order valence-corrected chi connectivity index (χ4v) is 2.60. The van der Waals surface area contributed by atoms with Crippen molar-refractivity contribution >= 4 is 5.91 Å². The van der Waals surface area contributed by atoms with Gasteiger partial charge in [-0.3, -0.25) is 4.79 Å². The Morgan fingerprint density at radius 2 is 1.83 bits per heavy atom. The monoisotopic (exact) mass is 319 g/mol. The Morgan fingerprint density at radius 1 is 1.12 bits per heavy atom. The van der Waals surface area contributed by atoms with Gasteiger partial charge in [0.25, 0.3) is 5.91 Å². The lowest BCUT2D eigenvalue weighted by Gasteiger charge is -2.15. The second kappa shape index (κ2) is 7.13. The molecular formula is C20H21N3O. The van der Waals surface area contributed by atoms with Gasteiger partial charge in [-0.05, 0) is 48.7 Å². The lowest BCUT2D eigenvalue weighted by atomic mass is 10.1. The summed E-state index contributed by atoms with van der Waals surface area (Å²) in [4.78, 5) is 16.4. The third-order valence-corrected chi connectivity index (χ3v) is 4.17. The number of benzene rings is 2. The highest BCUT2D eigenvalue weighted by molar-refractivity contribution is 5.94. The van der Waals surface area contributed by atoms with Gasteiger partial charge in [0.05, 0.1) is 12.4 Å². The van der Waals surface area contributed by atoms with Crippen molar-refractivity contribution in [2.75, 3.05) is 0 Å². The van der Waals surface area contributed by atoms with Gasteiger partial charge >= 0.3 is 0 Å². The molecule has 0 spiro atoms. The Kier molecular flexibility index (Phi) is 4.75. The number of hydrogen-bond donors (Lipinski definition) is 1. The van der Waals surface area contributed by atoms with E-state index in [0.717, 1.165) is 17.7 Å². The average molecular weight is 319 g/mol. The Labute approximate surface area is 142 Å². The van der Waals surface area contributed by atoms with E-state index in [9.17, 15) is 4.79 Å². The van der Waals surface area contributed by atoms with E-state index in [-0.39, 0.29) is 11.9 Å². The maximum absolute atomic E-state index is 12.4. The lowest BCUT2D eigenvalue weighted by Crippen LogP contribution is -2.26. The van der Waals surface area contributed by atoms with Gasteiger partial charge in [0.2, 0.25) is 0 Å².